The number of amides is 1. The fourth-order valence-electron chi connectivity index (χ4n) is 3.68. The molecule has 1 aliphatic rings. The van der Waals surface area contributed by atoms with Crippen molar-refractivity contribution in [1.82, 2.24) is 9.88 Å². The second-order valence-electron chi connectivity index (χ2n) is 6.85. The van der Waals surface area contributed by atoms with Crippen molar-refractivity contribution in [1.29, 1.82) is 0 Å². The van der Waals surface area contributed by atoms with Crippen molar-refractivity contribution in [2.24, 2.45) is 0 Å². The van der Waals surface area contributed by atoms with E-state index in [9.17, 15) is 9.59 Å². The van der Waals surface area contributed by atoms with Gasteiger partial charge in [0.1, 0.15) is 11.5 Å². The Labute approximate surface area is 182 Å². The Morgan fingerprint density at radius 3 is 2.37 bits per heavy atom. The summed E-state index contributed by atoms with van der Waals surface area (Å²) in [5.74, 6) is -0.347. The molecule has 2 aromatic carbocycles. The Hall–Kier alpha value is -2.84. The smallest absolute Gasteiger partial charge is 0.295 e. The predicted molar refractivity (Wildman–Crippen MR) is 116 cm³/mol. The number of carbonyl (C=O) groups excluding carboxylic acids is 2. The third-order valence-corrected chi connectivity index (χ3v) is 5.73. The van der Waals surface area contributed by atoms with E-state index in [1.807, 2.05) is 30.5 Å². The fraction of sp³-hybridized carbons (Fsp3) is 0.273. The molecule has 1 N–H and O–H groups in total. The lowest BCUT2D eigenvalue weighted by atomic mass is 9.99. The summed E-state index contributed by atoms with van der Waals surface area (Å²) in [6.45, 7) is 1.62. The molecular weight excluding hydrogens is 452 g/mol. The summed E-state index contributed by atoms with van der Waals surface area (Å²) in [5, 5.41) is 0.721. The van der Waals surface area contributed by atoms with E-state index in [0.717, 1.165) is 21.0 Å². The minimum absolute atomic E-state index is 0.202. The van der Waals surface area contributed by atoms with Crippen LogP contribution in [0.4, 0.5) is 0 Å². The van der Waals surface area contributed by atoms with Crippen molar-refractivity contribution in [2.75, 3.05) is 40.5 Å². The van der Waals surface area contributed by atoms with Crippen LogP contribution in [0.3, 0.4) is 0 Å². The number of halogens is 1. The van der Waals surface area contributed by atoms with Crippen LogP contribution in [0.5, 0.6) is 11.5 Å². The minimum Gasteiger partial charge on any atom is -0.496 e. The summed E-state index contributed by atoms with van der Waals surface area (Å²) in [5.41, 5.74) is 2.53. The molecule has 1 saturated heterocycles. The van der Waals surface area contributed by atoms with Gasteiger partial charge < -0.3 is 24.1 Å². The molecular formula is C22H21BrN2O5. The molecule has 0 bridgehead atoms. The number of aromatic amines is 1. The SMILES string of the molecule is COc1cc(OC)c2c(-c3ccc(Br)cc3)c[nH]c2c1C(=O)C(=O)N1CCOCC1. The number of nitrogens with one attached hydrogen (secondary N) is 1. The zero-order valence-electron chi connectivity index (χ0n) is 16.7. The lowest BCUT2D eigenvalue weighted by Gasteiger charge is -2.26. The number of rotatable bonds is 5. The van der Waals surface area contributed by atoms with Crippen LogP contribution in [0.1, 0.15) is 10.4 Å². The summed E-state index contributed by atoms with van der Waals surface area (Å²) < 4.78 is 17.3. The van der Waals surface area contributed by atoms with Crippen LogP contribution in [0.15, 0.2) is 41.0 Å². The molecule has 0 aliphatic carbocycles. The third kappa shape index (κ3) is 3.57. The molecule has 4 rings (SSSR count). The van der Waals surface area contributed by atoms with Gasteiger partial charge in [-0.3, -0.25) is 9.59 Å². The number of fused-ring (bicyclic) bond motifs is 1. The molecule has 7 nitrogen and oxygen atoms in total. The van der Waals surface area contributed by atoms with Crippen LogP contribution in [0.25, 0.3) is 22.0 Å². The molecule has 0 spiro atoms. The Bertz CT molecular complexity index is 1100. The van der Waals surface area contributed by atoms with Crippen LogP contribution in [-0.4, -0.2) is 62.1 Å². The number of nitrogens with zero attached hydrogens (tertiary/aromatic N) is 1. The molecule has 1 fully saturated rings. The van der Waals surface area contributed by atoms with E-state index in [4.69, 9.17) is 14.2 Å². The Morgan fingerprint density at radius 1 is 1.07 bits per heavy atom. The number of morpholine rings is 1. The Balaban J connectivity index is 1.87. The molecule has 8 heteroatoms. The summed E-state index contributed by atoms with van der Waals surface area (Å²) in [6, 6.07) is 9.47. The van der Waals surface area contributed by atoms with E-state index in [1.165, 1.54) is 12.0 Å². The normalized spacial score (nSPS) is 14.0. The number of H-pyrrole nitrogens is 1. The van der Waals surface area contributed by atoms with Crippen LogP contribution < -0.4 is 9.47 Å². The van der Waals surface area contributed by atoms with Crippen LogP contribution in [0.2, 0.25) is 0 Å². The van der Waals surface area contributed by atoms with Crippen molar-refractivity contribution >= 4 is 38.5 Å². The van der Waals surface area contributed by atoms with E-state index in [2.05, 4.69) is 20.9 Å². The molecule has 2 heterocycles. The molecule has 0 radical (unpaired) electrons. The number of ether oxygens (including phenoxy) is 3. The Morgan fingerprint density at radius 2 is 1.73 bits per heavy atom. The van der Waals surface area contributed by atoms with Crippen molar-refractivity contribution in [3.8, 4) is 22.6 Å². The van der Waals surface area contributed by atoms with Crippen molar-refractivity contribution in [3.63, 3.8) is 0 Å². The minimum atomic E-state index is -0.620. The average molecular weight is 473 g/mol. The summed E-state index contributed by atoms with van der Waals surface area (Å²) in [6.07, 6.45) is 1.81. The zero-order valence-corrected chi connectivity index (χ0v) is 18.2. The maximum absolute atomic E-state index is 13.2. The predicted octanol–water partition coefficient (Wildman–Crippen LogP) is 3.66. The van der Waals surface area contributed by atoms with Gasteiger partial charge in [-0.2, -0.15) is 0 Å². The molecule has 156 valence electrons. The van der Waals surface area contributed by atoms with E-state index >= 15 is 0 Å². The molecule has 0 saturated carbocycles. The summed E-state index contributed by atoms with van der Waals surface area (Å²) >= 11 is 3.45. The van der Waals surface area contributed by atoms with Crippen LogP contribution in [0, 0.1) is 0 Å². The van der Waals surface area contributed by atoms with Gasteiger partial charge in [0.05, 0.1) is 43.9 Å². The lowest BCUT2D eigenvalue weighted by Crippen LogP contribution is -2.44. The average Bonchev–Trinajstić information content (AvgIpc) is 3.23. The third-order valence-electron chi connectivity index (χ3n) is 5.20. The molecule has 30 heavy (non-hydrogen) atoms. The summed E-state index contributed by atoms with van der Waals surface area (Å²) in [4.78, 5) is 30.8. The highest BCUT2D eigenvalue weighted by molar-refractivity contribution is 9.10. The highest BCUT2D eigenvalue weighted by Gasteiger charge is 2.31. The van der Waals surface area contributed by atoms with Gasteiger partial charge in [-0.25, -0.2) is 0 Å². The number of benzene rings is 2. The van der Waals surface area contributed by atoms with E-state index in [1.54, 1.807) is 13.2 Å². The van der Waals surface area contributed by atoms with Crippen LogP contribution in [-0.2, 0) is 9.53 Å². The zero-order chi connectivity index (χ0) is 21.3. The van der Waals surface area contributed by atoms with Crippen molar-refractivity contribution in [3.05, 3.63) is 46.6 Å². The number of aromatic nitrogens is 1. The first kappa shape index (κ1) is 20.4. The first-order valence-electron chi connectivity index (χ1n) is 9.48. The fourth-order valence-corrected chi connectivity index (χ4v) is 3.95. The van der Waals surface area contributed by atoms with Gasteiger partial charge >= 0.3 is 0 Å². The van der Waals surface area contributed by atoms with Gasteiger partial charge in [-0.15, -0.1) is 0 Å². The van der Waals surface area contributed by atoms with E-state index in [-0.39, 0.29) is 11.3 Å². The van der Waals surface area contributed by atoms with Gasteiger partial charge in [0.2, 0.25) is 0 Å². The topological polar surface area (TPSA) is 80.9 Å². The van der Waals surface area contributed by atoms with E-state index < -0.39 is 11.7 Å². The van der Waals surface area contributed by atoms with Crippen LogP contribution >= 0.6 is 15.9 Å². The number of ketones is 1. The largest absolute Gasteiger partial charge is 0.496 e. The molecule has 1 aromatic heterocycles. The second-order valence-corrected chi connectivity index (χ2v) is 7.76. The van der Waals surface area contributed by atoms with Crippen molar-refractivity contribution < 1.29 is 23.8 Å². The Kier molecular flexibility index (Phi) is 5.78. The first-order chi connectivity index (χ1) is 14.5. The van der Waals surface area contributed by atoms with Gasteiger partial charge in [0, 0.05) is 35.4 Å². The summed E-state index contributed by atoms with van der Waals surface area (Å²) in [7, 11) is 3.03. The molecule has 0 unspecified atom stereocenters. The molecule has 3 aromatic rings. The molecule has 0 atom stereocenters. The standard InChI is InChI=1S/C22H21BrN2O5/c1-28-16-11-17(29-2)19(21(26)22(27)25-7-9-30-10-8-25)20-18(16)15(12-24-20)13-3-5-14(23)6-4-13/h3-6,11-12,24H,7-10H2,1-2H3. The first-order valence-corrected chi connectivity index (χ1v) is 10.3. The highest BCUT2D eigenvalue weighted by Crippen LogP contribution is 2.41. The maximum atomic E-state index is 13.2. The van der Waals surface area contributed by atoms with Gasteiger partial charge in [0.15, 0.2) is 0 Å². The number of hydrogen-bond donors (Lipinski definition) is 1. The number of methoxy groups -OCH3 is 2. The highest BCUT2D eigenvalue weighted by atomic mass is 79.9. The molecule has 1 aliphatic heterocycles. The number of carbonyl (C=O) groups is 2. The monoisotopic (exact) mass is 472 g/mol. The van der Waals surface area contributed by atoms with Gasteiger partial charge in [-0.05, 0) is 17.7 Å². The van der Waals surface area contributed by atoms with Crippen molar-refractivity contribution in [2.45, 2.75) is 0 Å². The molecule has 1 amide bonds. The lowest BCUT2D eigenvalue weighted by molar-refractivity contribution is -0.130. The van der Waals surface area contributed by atoms with Gasteiger partial charge in [-0.1, -0.05) is 28.1 Å². The maximum Gasteiger partial charge on any atom is 0.295 e. The second kappa shape index (κ2) is 8.49. The quantitative estimate of drug-likeness (QED) is 0.452. The number of hydrogen-bond acceptors (Lipinski definition) is 5. The van der Waals surface area contributed by atoms with E-state index in [0.29, 0.717) is 37.6 Å². The van der Waals surface area contributed by atoms with Gasteiger partial charge in [0.25, 0.3) is 11.7 Å². The number of Topliss-reactive ketones (excluding diaryl/α,β-unsaturated/α-hetero) is 1.